The number of rotatable bonds is 7. The molecule has 1 atom stereocenters. The van der Waals surface area contributed by atoms with E-state index in [1.807, 2.05) is 0 Å². The summed E-state index contributed by atoms with van der Waals surface area (Å²) in [4.78, 5) is 26.4. The second-order valence-electron chi connectivity index (χ2n) is 6.20. The van der Waals surface area contributed by atoms with E-state index >= 15 is 0 Å². The van der Waals surface area contributed by atoms with E-state index < -0.39 is 34.9 Å². The van der Waals surface area contributed by atoms with Crippen LogP contribution in [-0.2, 0) is 9.59 Å². The summed E-state index contributed by atoms with van der Waals surface area (Å²) < 4.78 is 52.8. The minimum atomic E-state index is -1.67. The Bertz CT molecular complexity index is 859. The van der Waals surface area contributed by atoms with Gasteiger partial charge in [0.25, 0.3) is 11.8 Å². The summed E-state index contributed by atoms with van der Waals surface area (Å²) in [6.45, 7) is 1.85. The van der Waals surface area contributed by atoms with Crippen LogP contribution in [0.3, 0.4) is 0 Å². The fourth-order valence-electron chi connectivity index (χ4n) is 2.63. The molecule has 0 aliphatic carbocycles. The van der Waals surface area contributed by atoms with E-state index in [9.17, 15) is 27.2 Å². The highest BCUT2D eigenvalue weighted by Gasteiger charge is 2.21. The summed E-state index contributed by atoms with van der Waals surface area (Å²) >= 11 is 0. The SMILES string of the molecule is CCN(C(=O)C[NH+](C)CC(=O)Nc1ccc(F)c(F)c1F)c1ccc(F)cc1. The second kappa shape index (κ2) is 9.32. The lowest BCUT2D eigenvalue weighted by Crippen LogP contribution is -3.11. The molecule has 1 unspecified atom stereocenters. The van der Waals surface area contributed by atoms with Crippen LogP contribution in [0.25, 0.3) is 0 Å². The second-order valence-corrected chi connectivity index (χ2v) is 6.20. The van der Waals surface area contributed by atoms with Gasteiger partial charge < -0.3 is 15.1 Å². The van der Waals surface area contributed by atoms with E-state index in [0.29, 0.717) is 23.2 Å². The lowest BCUT2D eigenvalue weighted by molar-refractivity contribution is -0.862. The minimum absolute atomic E-state index is 0.0566. The molecular weight excluding hydrogens is 378 g/mol. The molecule has 0 radical (unpaired) electrons. The molecule has 2 aromatic rings. The molecule has 0 fully saturated rings. The first-order valence-corrected chi connectivity index (χ1v) is 8.53. The predicted molar refractivity (Wildman–Crippen MR) is 96.0 cm³/mol. The van der Waals surface area contributed by atoms with Crippen LogP contribution in [0, 0.1) is 23.3 Å². The summed E-state index contributed by atoms with van der Waals surface area (Å²) in [6, 6.07) is 7.06. The molecule has 0 saturated heterocycles. The molecular formula is C19H20F4N3O2+. The molecule has 0 bridgehead atoms. The van der Waals surface area contributed by atoms with E-state index in [4.69, 9.17) is 0 Å². The number of amides is 2. The van der Waals surface area contributed by atoms with Crippen molar-refractivity contribution in [2.45, 2.75) is 6.92 Å². The van der Waals surface area contributed by atoms with Crippen LogP contribution in [-0.4, -0.2) is 38.5 Å². The summed E-state index contributed by atoms with van der Waals surface area (Å²) in [5, 5.41) is 2.16. The van der Waals surface area contributed by atoms with Gasteiger partial charge in [-0.2, -0.15) is 0 Å². The van der Waals surface area contributed by atoms with Crippen LogP contribution in [0.15, 0.2) is 36.4 Å². The Balaban J connectivity index is 1.95. The van der Waals surface area contributed by atoms with Crippen LogP contribution in [0.5, 0.6) is 0 Å². The molecule has 2 rings (SSSR count). The molecule has 0 aliphatic rings. The topological polar surface area (TPSA) is 53.9 Å². The average molecular weight is 398 g/mol. The van der Waals surface area contributed by atoms with Crippen molar-refractivity contribution in [3.05, 3.63) is 59.7 Å². The standard InChI is InChI=1S/C19H19F4N3O2/c1-3-26(13-6-4-12(20)5-7-13)17(28)11-25(2)10-16(27)24-15-9-8-14(21)18(22)19(15)23/h4-9H,3,10-11H2,1-2H3,(H,24,27)/p+1. The highest BCUT2D eigenvalue weighted by atomic mass is 19.2. The predicted octanol–water partition coefficient (Wildman–Crippen LogP) is 1.75. The zero-order chi connectivity index (χ0) is 20.8. The summed E-state index contributed by atoms with van der Waals surface area (Å²) in [5.41, 5.74) is 0.0412. The normalized spacial score (nSPS) is 11.8. The highest BCUT2D eigenvalue weighted by molar-refractivity contribution is 5.94. The van der Waals surface area contributed by atoms with Crippen LogP contribution in [0.4, 0.5) is 28.9 Å². The number of hydrogen-bond donors (Lipinski definition) is 2. The van der Waals surface area contributed by atoms with Crippen molar-refractivity contribution in [3.63, 3.8) is 0 Å². The van der Waals surface area contributed by atoms with Crippen molar-refractivity contribution < 1.29 is 32.1 Å². The maximum absolute atomic E-state index is 13.6. The number of benzene rings is 2. The van der Waals surface area contributed by atoms with Gasteiger partial charge in [0, 0.05) is 12.2 Å². The maximum Gasteiger partial charge on any atom is 0.282 e. The van der Waals surface area contributed by atoms with Crippen molar-refractivity contribution in [2.75, 3.05) is 36.9 Å². The fraction of sp³-hybridized carbons (Fsp3) is 0.263. The van der Waals surface area contributed by atoms with Gasteiger partial charge in [-0.25, -0.2) is 17.6 Å². The van der Waals surface area contributed by atoms with Crippen molar-refractivity contribution in [3.8, 4) is 0 Å². The third-order valence-corrected chi connectivity index (χ3v) is 3.98. The number of carbonyl (C=O) groups is 2. The Kier molecular flexibility index (Phi) is 7.11. The Hall–Kier alpha value is -2.94. The van der Waals surface area contributed by atoms with Gasteiger partial charge >= 0.3 is 0 Å². The van der Waals surface area contributed by atoms with Crippen molar-refractivity contribution in [1.82, 2.24) is 0 Å². The molecule has 2 amide bonds. The zero-order valence-electron chi connectivity index (χ0n) is 15.4. The smallest absolute Gasteiger partial charge is 0.282 e. The number of quaternary nitrogens is 1. The average Bonchev–Trinajstić information content (AvgIpc) is 2.64. The van der Waals surface area contributed by atoms with E-state index in [2.05, 4.69) is 5.32 Å². The van der Waals surface area contributed by atoms with Gasteiger partial charge in [-0.05, 0) is 43.3 Å². The monoisotopic (exact) mass is 398 g/mol. The molecule has 0 aromatic heterocycles. The first-order chi connectivity index (χ1) is 13.2. The molecule has 5 nitrogen and oxygen atoms in total. The summed E-state index contributed by atoms with van der Waals surface area (Å²) in [6.07, 6.45) is 0. The molecule has 150 valence electrons. The molecule has 28 heavy (non-hydrogen) atoms. The van der Waals surface area contributed by atoms with Gasteiger partial charge in [0.2, 0.25) is 0 Å². The Labute approximate surface area is 159 Å². The van der Waals surface area contributed by atoms with Crippen LogP contribution in [0.1, 0.15) is 6.92 Å². The lowest BCUT2D eigenvalue weighted by Gasteiger charge is -2.22. The number of hydrogen-bond acceptors (Lipinski definition) is 2. The quantitative estimate of drug-likeness (QED) is 0.552. The summed E-state index contributed by atoms with van der Waals surface area (Å²) in [7, 11) is 1.58. The Morgan fingerprint density at radius 2 is 1.61 bits per heavy atom. The number of halogens is 4. The highest BCUT2D eigenvalue weighted by Crippen LogP contribution is 2.19. The van der Waals surface area contributed by atoms with Crippen LogP contribution < -0.4 is 15.1 Å². The van der Waals surface area contributed by atoms with E-state index in [-0.39, 0.29) is 19.0 Å². The maximum atomic E-state index is 13.6. The minimum Gasteiger partial charge on any atom is -0.322 e. The lowest BCUT2D eigenvalue weighted by atomic mass is 10.2. The molecule has 0 heterocycles. The van der Waals surface area contributed by atoms with E-state index in [1.165, 1.54) is 29.2 Å². The van der Waals surface area contributed by atoms with Crippen LogP contribution in [0.2, 0.25) is 0 Å². The zero-order valence-corrected chi connectivity index (χ0v) is 15.4. The van der Waals surface area contributed by atoms with Crippen molar-refractivity contribution in [1.29, 1.82) is 0 Å². The summed E-state index contributed by atoms with van der Waals surface area (Å²) in [5.74, 6) is -5.90. The third-order valence-electron chi connectivity index (χ3n) is 3.98. The molecule has 2 aromatic carbocycles. The molecule has 0 spiro atoms. The van der Waals surface area contributed by atoms with Crippen molar-refractivity contribution in [2.24, 2.45) is 0 Å². The number of carbonyl (C=O) groups excluding carboxylic acids is 2. The van der Waals surface area contributed by atoms with Gasteiger partial charge in [0.05, 0.1) is 12.7 Å². The first-order valence-electron chi connectivity index (χ1n) is 8.53. The van der Waals surface area contributed by atoms with Gasteiger partial charge in [0.1, 0.15) is 5.82 Å². The van der Waals surface area contributed by atoms with E-state index in [1.54, 1.807) is 14.0 Å². The number of anilines is 2. The number of nitrogens with zero attached hydrogens (tertiary/aromatic N) is 1. The number of likely N-dealkylation sites (N-methyl/N-ethyl adjacent to an activating group) is 2. The Morgan fingerprint density at radius 1 is 0.964 bits per heavy atom. The van der Waals surface area contributed by atoms with Gasteiger partial charge in [0.15, 0.2) is 30.5 Å². The van der Waals surface area contributed by atoms with Gasteiger partial charge in [-0.15, -0.1) is 0 Å². The van der Waals surface area contributed by atoms with Gasteiger partial charge in [-0.3, -0.25) is 9.59 Å². The molecule has 9 heteroatoms. The Morgan fingerprint density at radius 3 is 2.21 bits per heavy atom. The van der Waals surface area contributed by atoms with E-state index in [0.717, 1.165) is 6.07 Å². The third kappa shape index (κ3) is 5.29. The first kappa shape index (κ1) is 21.4. The van der Waals surface area contributed by atoms with Crippen molar-refractivity contribution >= 4 is 23.2 Å². The number of nitrogens with one attached hydrogen (secondary N) is 2. The molecule has 0 saturated carbocycles. The van der Waals surface area contributed by atoms with Crippen LogP contribution >= 0.6 is 0 Å². The van der Waals surface area contributed by atoms with Gasteiger partial charge in [-0.1, -0.05) is 0 Å². The largest absolute Gasteiger partial charge is 0.322 e. The fourth-order valence-corrected chi connectivity index (χ4v) is 2.63. The molecule has 0 aliphatic heterocycles. The molecule has 2 N–H and O–H groups in total.